The Bertz CT molecular complexity index is 605. The van der Waals surface area contributed by atoms with Crippen molar-refractivity contribution in [2.45, 2.75) is 64.9 Å². The molecule has 0 saturated carbocycles. The number of carboxylic acid groups (broad SMARTS) is 1. The van der Waals surface area contributed by atoms with E-state index in [1.165, 1.54) is 10.5 Å². The van der Waals surface area contributed by atoms with Gasteiger partial charge in [-0.1, -0.05) is 31.2 Å². The first-order chi connectivity index (χ1) is 11.7. The number of likely N-dealkylation sites (tertiary alicyclic amines) is 1. The first kappa shape index (κ1) is 19.2. The molecule has 1 aliphatic heterocycles. The highest BCUT2D eigenvalue weighted by Gasteiger charge is 2.42. The van der Waals surface area contributed by atoms with E-state index < -0.39 is 23.7 Å². The maximum atomic E-state index is 12.3. The molecule has 6 heteroatoms. The van der Waals surface area contributed by atoms with Gasteiger partial charge in [0.2, 0.25) is 0 Å². The Morgan fingerprint density at radius 2 is 1.80 bits per heavy atom. The van der Waals surface area contributed by atoms with Gasteiger partial charge in [0.15, 0.2) is 0 Å². The molecular formula is C19H27NO5. The third-order valence-corrected chi connectivity index (χ3v) is 4.09. The number of carbonyl (C=O) groups excluding carboxylic acids is 1. The fraction of sp³-hybridized carbons (Fsp3) is 0.579. The first-order valence-corrected chi connectivity index (χ1v) is 8.61. The fourth-order valence-corrected chi connectivity index (χ4v) is 2.76. The number of carbonyl (C=O) groups is 2. The van der Waals surface area contributed by atoms with E-state index in [0.717, 1.165) is 12.0 Å². The molecule has 0 spiro atoms. The zero-order chi connectivity index (χ0) is 18.6. The lowest BCUT2D eigenvalue weighted by Gasteiger charge is -2.26. The average molecular weight is 349 g/mol. The quantitative estimate of drug-likeness (QED) is 0.883. The number of rotatable bonds is 5. The van der Waals surface area contributed by atoms with E-state index >= 15 is 0 Å². The van der Waals surface area contributed by atoms with Crippen LogP contribution in [0.15, 0.2) is 24.3 Å². The van der Waals surface area contributed by atoms with Gasteiger partial charge in [0.05, 0.1) is 19.3 Å². The number of amides is 1. The lowest BCUT2D eigenvalue weighted by Crippen LogP contribution is -2.43. The van der Waals surface area contributed by atoms with Crippen LogP contribution >= 0.6 is 0 Å². The van der Waals surface area contributed by atoms with Gasteiger partial charge < -0.3 is 14.6 Å². The number of aliphatic carboxylic acids is 1. The monoisotopic (exact) mass is 349 g/mol. The summed E-state index contributed by atoms with van der Waals surface area (Å²) in [4.78, 5) is 25.0. The number of hydrogen-bond donors (Lipinski definition) is 1. The summed E-state index contributed by atoms with van der Waals surface area (Å²) in [6, 6.07) is 7.21. The van der Waals surface area contributed by atoms with Crippen LogP contribution in [0.4, 0.5) is 4.79 Å². The van der Waals surface area contributed by atoms with Crippen LogP contribution in [-0.2, 0) is 27.3 Å². The number of benzene rings is 1. The Hall–Kier alpha value is -2.08. The molecule has 1 aromatic rings. The Balaban J connectivity index is 1.96. The Labute approximate surface area is 148 Å². The average Bonchev–Trinajstić information content (AvgIpc) is 2.96. The Morgan fingerprint density at radius 3 is 2.32 bits per heavy atom. The molecule has 2 rings (SSSR count). The highest BCUT2D eigenvalue weighted by atomic mass is 16.6. The topological polar surface area (TPSA) is 76.1 Å². The normalized spacial score (nSPS) is 20.6. The van der Waals surface area contributed by atoms with Gasteiger partial charge in [-0.15, -0.1) is 0 Å². The minimum Gasteiger partial charge on any atom is -0.480 e. The molecule has 1 aliphatic rings. The molecule has 138 valence electrons. The molecule has 25 heavy (non-hydrogen) atoms. The van der Waals surface area contributed by atoms with Crippen LogP contribution in [0.2, 0.25) is 0 Å². The van der Waals surface area contributed by atoms with Gasteiger partial charge in [-0.25, -0.2) is 9.59 Å². The standard InChI is InChI=1S/C19H27NO5/c1-5-13-6-8-14(9-7-13)12-24-15-10-16(17(21)22)20(11-15)18(23)25-19(2,3)4/h6-9,15-16H,5,10-12H2,1-4H3,(H,21,22). The lowest BCUT2D eigenvalue weighted by molar-refractivity contribution is -0.142. The van der Waals surface area contributed by atoms with E-state index in [1.54, 1.807) is 20.8 Å². The molecule has 2 unspecified atom stereocenters. The van der Waals surface area contributed by atoms with E-state index in [0.29, 0.717) is 6.61 Å². The summed E-state index contributed by atoms with van der Waals surface area (Å²) in [5, 5.41) is 9.39. The lowest BCUT2D eigenvalue weighted by atomic mass is 10.1. The smallest absolute Gasteiger partial charge is 0.411 e. The molecule has 1 fully saturated rings. The van der Waals surface area contributed by atoms with Crippen molar-refractivity contribution in [3.05, 3.63) is 35.4 Å². The summed E-state index contributed by atoms with van der Waals surface area (Å²) < 4.78 is 11.1. The third-order valence-electron chi connectivity index (χ3n) is 4.09. The number of carboxylic acids is 1. The van der Waals surface area contributed by atoms with E-state index in [2.05, 4.69) is 19.1 Å². The van der Waals surface area contributed by atoms with Crippen molar-refractivity contribution in [3.8, 4) is 0 Å². The second-order valence-corrected chi connectivity index (χ2v) is 7.33. The molecule has 0 aromatic heterocycles. The van der Waals surface area contributed by atoms with Crippen molar-refractivity contribution in [1.82, 2.24) is 4.90 Å². The third kappa shape index (κ3) is 5.46. The fourth-order valence-electron chi connectivity index (χ4n) is 2.76. The molecule has 6 nitrogen and oxygen atoms in total. The van der Waals surface area contributed by atoms with Crippen LogP contribution in [0.3, 0.4) is 0 Å². The van der Waals surface area contributed by atoms with Crippen molar-refractivity contribution in [3.63, 3.8) is 0 Å². The molecule has 0 radical (unpaired) electrons. The Morgan fingerprint density at radius 1 is 1.20 bits per heavy atom. The van der Waals surface area contributed by atoms with Gasteiger partial charge in [-0.05, 0) is 38.3 Å². The molecule has 0 aliphatic carbocycles. The largest absolute Gasteiger partial charge is 0.480 e. The Kier molecular flexibility index (Phi) is 6.06. The predicted octanol–water partition coefficient (Wildman–Crippen LogP) is 3.23. The summed E-state index contributed by atoms with van der Waals surface area (Å²) in [6.07, 6.45) is 0.314. The first-order valence-electron chi connectivity index (χ1n) is 8.61. The van der Waals surface area contributed by atoms with E-state index in [4.69, 9.17) is 9.47 Å². The summed E-state index contributed by atoms with van der Waals surface area (Å²) in [7, 11) is 0. The minimum atomic E-state index is -1.04. The summed E-state index contributed by atoms with van der Waals surface area (Å²) in [5.41, 5.74) is 1.62. The maximum absolute atomic E-state index is 12.3. The second-order valence-electron chi connectivity index (χ2n) is 7.33. The van der Waals surface area contributed by atoms with Gasteiger partial charge in [-0.3, -0.25) is 4.90 Å². The van der Waals surface area contributed by atoms with E-state index in [9.17, 15) is 14.7 Å². The van der Waals surface area contributed by atoms with Gasteiger partial charge in [0, 0.05) is 6.42 Å². The number of aryl methyl sites for hydroxylation is 1. The molecule has 1 N–H and O–H groups in total. The summed E-state index contributed by atoms with van der Waals surface area (Å²) in [6.45, 7) is 7.98. The second kappa shape index (κ2) is 7.87. The van der Waals surface area contributed by atoms with Gasteiger partial charge in [0.25, 0.3) is 0 Å². The van der Waals surface area contributed by atoms with Gasteiger partial charge >= 0.3 is 12.1 Å². The predicted molar refractivity (Wildman–Crippen MR) is 93.4 cm³/mol. The van der Waals surface area contributed by atoms with Crippen molar-refractivity contribution in [2.75, 3.05) is 6.54 Å². The SMILES string of the molecule is CCc1ccc(COC2CC(C(=O)O)N(C(=O)OC(C)(C)C)C2)cc1. The van der Waals surface area contributed by atoms with Crippen molar-refractivity contribution in [1.29, 1.82) is 0 Å². The van der Waals surface area contributed by atoms with Crippen LogP contribution in [0, 0.1) is 0 Å². The molecule has 1 aromatic carbocycles. The van der Waals surface area contributed by atoms with Crippen LogP contribution in [0.5, 0.6) is 0 Å². The zero-order valence-electron chi connectivity index (χ0n) is 15.3. The summed E-state index contributed by atoms with van der Waals surface area (Å²) >= 11 is 0. The number of hydrogen-bond acceptors (Lipinski definition) is 4. The summed E-state index contributed by atoms with van der Waals surface area (Å²) in [5.74, 6) is -1.04. The zero-order valence-corrected chi connectivity index (χ0v) is 15.3. The maximum Gasteiger partial charge on any atom is 0.411 e. The highest BCUT2D eigenvalue weighted by molar-refractivity contribution is 5.81. The molecule has 1 amide bonds. The highest BCUT2D eigenvalue weighted by Crippen LogP contribution is 2.24. The van der Waals surface area contributed by atoms with Gasteiger partial charge in [-0.2, -0.15) is 0 Å². The van der Waals surface area contributed by atoms with Crippen LogP contribution in [-0.4, -0.2) is 46.4 Å². The van der Waals surface area contributed by atoms with Crippen molar-refractivity contribution < 1.29 is 24.2 Å². The van der Waals surface area contributed by atoms with Crippen LogP contribution in [0.25, 0.3) is 0 Å². The van der Waals surface area contributed by atoms with Crippen LogP contribution < -0.4 is 0 Å². The number of nitrogens with zero attached hydrogens (tertiary/aromatic N) is 1. The molecule has 1 heterocycles. The number of ether oxygens (including phenoxy) is 2. The van der Waals surface area contributed by atoms with Gasteiger partial charge in [0.1, 0.15) is 11.6 Å². The van der Waals surface area contributed by atoms with Crippen molar-refractivity contribution in [2.24, 2.45) is 0 Å². The van der Waals surface area contributed by atoms with E-state index in [-0.39, 0.29) is 19.1 Å². The molecular weight excluding hydrogens is 322 g/mol. The van der Waals surface area contributed by atoms with E-state index in [1.807, 2.05) is 12.1 Å². The minimum absolute atomic E-state index is 0.221. The molecule has 1 saturated heterocycles. The van der Waals surface area contributed by atoms with Crippen LogP contribution in [0.1, 0.15) is 45.2 Å². The molecule has 0 bridgehead atoms. The molecule has 2 atom stereocenters. The van der Waals surface area contributed by atoms with Crippen molar-refractivity contribution >= 4 is 12.1 Å².